The smallest absolute Gasteiger partial charge is 0.272 e. The minimum absolute atomic E-state index is 0.0876. The zero-order valence-electron chi connectivity index (χ0n) is 10.6. The second kappa shape index (κ2) is 7.42. The predicted octanol–water partition coefficient (Wildman–Crippen LogP) is 1.35. The highest BCUT2D eigenvalue weighted by molar-refractivity contribution is 5.77. The summed E-state index contributed by atoms with van der Waals surface area (Å²) >= 11 is 0. The molecule has 0 saturated carbocycles. The predicted molar refractivity (Wildman–Crippen MR) is 68.1 cm³/mol. The molecule has 1 amide bonds. The van der Waals surface area contributed by atoms with Crippen molar-refractivity contribution in [3.63, 3.8) is 0 Å². The highest BCUT2D eigenvalue weighted by Gasteiger charge is 2.09. The van der Waals surface area contributed by atoms with Gasteiger partial charge in [0.2, 0.25) is 5.91 Å². The van der Waals surface area contributed by atoms with Gasteiger partial charge in [0.15, 0.2) is 0 Å². The van der Waals surface area contributed by atoms with E-state index in [9.17, 15) is 19.3 Å². The van der Waals surface area contributed by atoms with Gasteiger partial charge in [0, 0.05) is 19.2 Å². The average Bonchev–Trinajstić information content (AvgIpc) is 2.35. The van der Waals surface area contributed by atoms with Crippen molar-refractivity contribution >= 4 is 11.6 Å². The Morgan fingerprint density at radius 2 is 2.16 bits per heavy atom. The van der Waals surface area contributed by atoms with Crippen LogP contribution in [0.1, 0.15) is 18.9 Å². The van der Waals surface area contributed by atoms with Crippen LogP contribution in [0.25, 0.3) is 0 Å². The molecule has 0 aliphatic carbocycles. The van der Waals surface area contributed by atoms with Crippen LogP contribution in [0.4, 0.5) is 10.1 Å². The fourth-order valence-electron chi connectivity index (χ4n) is 1.49. The fourth-order valence-corrected chi connectivity index (χ4v) is 1.49. The molecule has 1 aromatic rings. The van der Waals surface area contributed by atoms with E-state index in [2.05, 4.69) is 10.6 Å². The second-order valence-electron chi connectivity index (χ2n) is 4.03. The highest BCUT2D eigenvalue weighted by Crippen LogP contribution is 2.15. The topological polar surface area (TPSA) is 84.3 Å². The van der Waals surface area contributed by atoms with Gasteiger partial charge in [0.25, 0.3) is 5.69 Å². The van der Waals surface area contributed by atoms with E-state index < -0.39 is 10.7 Å². The number of nitro groups is 1. The molecular formula is C12H16FN3O3. The Hall–Kier alpha value is -2.02. The van der Waals surface area contributed by atoms with Crippen LogP contribution in [-0.2, 0) is 11.3 Å². The number of nitro benzene ring substituents is 1. The van der Waals surface area contributed by atoms with Gasteiger partial charge in [-0.3, -0.25) is 14.9 Å². The van der Waals surface area contributed by atoms with Gasteiger partial charge in [0.1, 0.15) is 5.82 Å². The number of hydrogen-bond donors (Lipinski definition) is 2. The van der Waals surface area contributed by atoms with Crippen LogP contribution in [0.3, 0.4) is 0 Å². The maximum Gasteiger partial charge on any atom is 0.272 e. The molecule has 0 aliphatic heterocycles. The number of hydrogen-bond acceptors (Lipinski definition) is 4. The van der Waals surface area contributed by atoms with Crippen molar-refractivity contribution in [2.45, 2.75) is 19.9 Å². The standard InChI is InChI=1S/C12H16FN3O3/c1-2-3-15-12(17)8-14-7-9-4-10(13)6-11(5-9)16(18)19/h4-6,14H,2-3,7-8H2,1H3,(H,15,17). The van der Waals surface area contributed by atoms with Gasteiger partial charge in [-0.2, -0.15) is 0 Å². The number of nitrogens with one attached hydrogen (secondary N) is 2. The van der Waals surface area contributed by atoms with Gasteiger partial charge in [-0.05, 0) is 18.1 Å². The van der Waals surface area contributed by atoms with E-state index in [1.54, 1.807) is 0 Å². The lowest BCUT2D eigenvalue weighted by Gasteiger charge is -2.06. The lowest BCUT2D eigenvalue weighted by atomic mass is 10.2. The molecule has 0 saturated heterocycles. The Labute approximate surface area is 110 Å². The van der Waals surface area contributed by atoms with E-state index in [4.69, 9.17) is 0 Å². The molecule has 0 heterocycles. The quantitative estimate of drug-likeness (QED) is 0.578. The maximum absolute atomic E-state index is 13.1. The Bertz CT molecular complexity index is 466. The number of halogens is 1. The van der Waals surface area contributed by atoms with E-state index in [1.165, 1.54) is 12.1 Å². The van der Waals surface area contributed by atoms with Crippen molar-refractivity contribution in [3.05, 3.63) is 39.7 Å². The molecule has 104 valence electrons. The Morgan fingerprint density at radius 3 is 2.79 bits per heavy atom. The number of rotatable bonds is 7. The minimum atomic E-state index is -0.665. The fraction of sp³-hybridized carbons (Fsp3) is 0.417. The van der Waals surface area contributed by atoms with Gasteiger partial charge in [-0.25, -0.2) is 4.39 Å². The minimum Gasteiger partial charge on any atom is -0.355 e. The first-order valence-electron chi connectivity index (χ1n) is 5.94. The molecule has 0 atom stereocenters. The van der Waals surface area contributed by atoms with Crippen LogP contribution in [-0.4, -0.2) is 23.9 Å². The number of nitrogens with zero attached hydrogens (tertiary/aromatic N) is 1. The number of carbonyl (C=O) groups excluding carboxylic acids is 1. The summed E-state index contributed by atoms with van der Waals surface area (Å²) in [4.78, 5) is 21.2. The van der Waals surface area contributed by atoms with Gasteiger partial charge >= 0.3 is 0 Å². The third-order valence-electron chi connectivity index (χ3n) is 2.34. The Kier molecular flexibility index (Phi) is 5.87. The molecule has 0 aliphatic rings. The molecule has 1 rings (SSSR count). The summed E-state index contributed by atoms with van der Waals surface area (Å²) in [5.41, 5.74) is 0.127. The first-order valence-corrected chi connectivity index (χ1v) is 5.94. The van der Waals surface area contributed by atoms with Crippen LogP contribution < -0.4 is 10.6 Å². The molecule has 1 aromatic carbocycles. The van der Waals surface area contributed by atoms with E-state index in [0.717, 1.165) is 12.5 Å². The number of benzene rings is 1. The molecule has 0 radical (unpaired) electrons. The molecule has 6 nitrogen and oxygen atoms in total. The largest absolute Gasteiger partial charge is 0.355 e. The van der Waals surface area contributed by atoms with E-state index in [-0.39, 0.29) is 24.7 Å². The van der Waals surface area contributed by atoms with Crippen LogP contribution >= 0.6 is 0 Å². The van der Waals surface area contributed by atoms with Gasteiger partial charge < -0.3 is 10.6 Å². The molecule has 0 unspecified atom stereocenters. The van der Waals surface area contributed by atoms with Gasteiger partial charge in [0.05, 0.1) is 17.5 Å². The second-order valence-corrected chi connectivity index (χ2v) is 4.03. The summed E-state index contributed by atoms with van der Waals surface area (Å²) in [6, 6.07) is 3.33. The molecule has 0 aromatic heterocycles. The lowest BCUT2D eigenvalue weighted by molar-refractivity contribution is -0.385. The monoisotopic (exact) mass is 269 g/mol. The third kappa shape index (κ3) is 5.43. The number of non-ortho nitro benzene ring substituents is 1. The lowest BCUT2D eigenvalue weighted by Crippen LogP contribution is -2.33. The summed E-state index contributed by atoms with van der Waals surface area (Å²) in [5.74, 6) is -0.825. The van der Waals surface area contributed by atoms with Crippen LogP contribution in [0, 0.1) is 15.9 Å². The van der Waals surface area contributed by atoms with Gasteiger partial charge in [-0.1, -0.05) is 6.92 Å². The van der Waals surface area contributed by atoms with Gasteiger partial charge in [-0.15, -0.1) is 0 Å². The van der Waals surface area contributed by atoms with Crippen molar-refractivity contribution in [2.75, 3.05) is 13.1 Å². The zero-order valence-corrected chi connectivity index (χ0v) is 10.6. The molecular weight excluding hydrogens is 253 g/mol. The van der Waals surface area contributed by atoms with E-state index >= 15 is 0 Å². The molecule has 0 fully saturated rings. The zero-order chi connectivity index (χ0) is 14.3. The molecule has 7 heteroatoms. The summed E-state index contributed by atoms with van der Waals surface area (Å²) in [5, 5.41) is 16.0. The van der Waals surface area contributed by atoms with Crippen LogP contribution in [0.2, 0.25) is 0 Å². The summed E-state index contributed by atoms with van der Waals surface area (Å²) in [6.07, 6.45) is 0.849. The Balaban J connectivity index is 2.49. The number of carbonyl (C=O) groups is 1. The van der Waals surface area contributed by atoms with Crippen molar-refractivity contribution < 1.29 is 14.1 Å². The normalized spacial score (nSPS) is 10.2. The van der Waals surface area contributed by atoms with Crippen LogP contribution in [0.15, 0.2) is 18.2 Å². The van der Waals surface area contributed by atoms with Crippen molar-refractivity contribution in [1.82, 2.24) is 10.6 Å². The van der Waals surface area contributed by atoms with E-state index in [0.29, 0.717) is 12.1 Å². The van der Waals surface area contributed by atoms with E-state index in [1.807, 2.05) is 6.92 Å². The first kappa shape index (κ1) is 15.0. The summed E-state index contributed by atoms with van der Waals surface area (Å²) < 4.78 is 13.1. The van der Waals surface area contributed by atoms with Crippen molar-refractivity contribution in [1.29, 1.82) is 0 Å². The third-order valence-corrected chi connectivity index (χ3v) is 2.34. The molecule has 0 bridgehead atoms. The molecule has 19 heavy (non-hydrogen) atoms. The Morgan fingerprint density at radius 1 is 1.42 bits per heavy atom. The average molecular weight is 269 g/mol. The van der Waals surface area contributed by atoms with Crippen molar-refractivity contribution in [3.8, 4) is 0 Å². The molecule has 2 N–H and O–H groups in total. The SMILES string of the molecule is CCCNC(=O)CNCc1cc(F)cc([N+](=O)[O-])c1. The van der Waals surface area contributed by atoms with Crippen molar-refractivity contribution in [2.24, 2.45) is 0 Å². The summed E-state index contributed by atoms with van der Waals surface area (Å²) in [6.45, 7) is 2.83. The maximum atomic E-state index is 13.1. The first-order chi connectivity index (χ1) is 9.02. The molecule has 0 spiro atoms. The highest BCUT2D eigenvalue weighted by atomic mass is 19.1. The van der Waals surface area contributed by atoms with Crippen LogP contribution in [0.5, 0.6) is 0 Å². The number of amides is 1. The summed E-state index contributed by atoms with van der Waals surface area (Å²) in [7, 11) is 0.